The number of fused-ring (bicyclic) bond motifs is 1. The van der Waals surface area contributed by atoms with E-state index in [-0.39, 0.29) is 11.4 Å². The summed E-state index contributed by atoms with van der Waals surface area (Å²) in [5.74, 6) is -0.245. The van der Waals surface area contributed by atoms with Crippen molar-refractivity contribution >= 4 is 39.3 Å². The Morgan fingerprint density at radius 2 is 1.93 bits per heavy atom. The lowest BCUT2D eigenvalue weighted by Crippen LogP contribution is -2.49. The van der Waals surface area contributed by atoms with Gasteiger partial charge in [0.2, 0.25) is 0 Å². The number of halogens is 1. The molecule has 0 saturated carbocycles. The van der Waals surface area contributed by atoms with Gasteiger partial charge in [0.05, 0.1) is 17.3 Å². The second-order valence-electron chi connectivity index (χ2n) is 7.90. The normalized spacial score (nSPS) is 15.5. The fraction of sp³-hybridized carbons (Fsp3) is 0.304. The first-order valence-corrected chi connectivity index (χ1v) is 10.2. The van der Waals surface area contributed by atoms with Gasteiger partial charge in [-0.15, -0.1) is 0 Å². The van der Waals surface area contributed by atoms with E-state index in [1.54, 1.807) is 12.3 Å². The molecule has 3 rings (SSSR count). The van der Waals surface area contributed by atoms with Gasteiger partial charge in [0.15, 0.2) is 0 Å². The van der Waals surface area contributed by atoms with E-state index in [0.29, 0.717) is 11.6 Å². The lowest BCUT2D eigenvalue weighted by molar-refractivity contribution is 0.0954. The van der Waals surface area contributed by atoms with Crippen LogP contribution in [0.4, 0.5) is 5.69 Å². The summed E-state index contributed by atoms with van der Waals surface area (Å²) in [6, 6.07) is 14.0. The molecule has 1 heterocycles. The predicted molar refractivity (Wildman–Crippen MR) is 121 cm³/mol. The number of carbonyl (C=O) groups is 1. The second-order valence-corrected chi connectivity index (χ2v) is 8.75. The first-order chi connectivity index (χ1) is 13.2. The van der Waals surface area contributed by atoms with Crippen molar-refractivity contribution in [2.45, 2.75) is 46.2 Å². The molecule has 0 atom stereocenters. The molecule has 2 aromatic rings. The van der Waals surface area contributed by atoms with Crippen LogP contribution in [0.1, 0.15) is 56.1 Å². The van der Waals surface area contributed by atoms with Crippen molar-refractivity contribution in [2.24, 2.45) is 5.10 Å². The Morgan fingerprint density at radius 1 is 1.21 bits per heavy atom. The molecule has 0 saturated heterocycles. The number of allylic oxidation sites excluding steroid dienone is 1. The van der Waals surface area contributed by atoms with Crippen LogP contribution in [-0.4, -0.2) is 23.7 Å². The molecule has 0 bridgehead atoms. The van der Waals surface area contributed by atoms with Crippen LogP contribution in [0.25, 0.3) is 5.57 Å². The molecule has 4 nitrogen and oxygen atoms in total. The maximum Gasteiger partial charge on any atom is 0.272 e. The highest BCUT2D eigenvalue weighted by molar-refractivity contribution is 9.10. The summed E-state index contributed by atoms with van der Waals surface area (Å²) >= 11 is 3.38. The minimum atomic E-state index is -0.245. The van der Waals surface area contributed by atoms with Gasteiger partial charge in [-0.2, -0.15) is 5.10 Å². The number of rotatable bonds is 4. The van der Waals surface area contributed by atoms with E-state index < -0.39 is 0 Å². The van der Waals surface area contributed by atoms with Gasteiger partial charge >= 0.3 is 0 Å². The summed E-state index contributed by atoms with van der Waals surface area (Å²) < 4.78 is 0.744. The molecule has 0 fully saturated rings. The van der Waals surface area contributed by atoms with Crippen molar-refractivity contribution < 1.29 is 4.79 Å². The Hall–Kier alpha value is -2.40. The third-order valence-corrected chi connectivity index (χ3v) is 5.60. The monoisotopic (exact) mass is 439 g/mol. The van der Waals surface area contributed by atoms with Gasteiger partial charge in [-0.05, 0) is 86.0 Å². The molecule has 2 aromatic carbocycles. The van der Waals surface area contributed by atoms with Crippen LogP contribution in [0.3, 0.4) is 0 Å². The third-order valence-electron chi connectivity index (χ3n) is 4.91. The van der Waals surface area contributed by atoms with Crippen LogP contribution in [0.15, 0.2) is 58.1 Å². The van der Waals surface area contributed by atoms with Gasteiger partial charge in [-0.1, -0.05) is 24.3 Å². The van der Waals surface area contributed by atoms with Crippen LogP contribution >= 0.6 is 15.9 Å². The summed E-state index contributed by atoms with van der Waals surface area (Å²) in [5, 5.41) is 4.14. The van der Waals surface area contributed by atoms with Gasteiger partial charge in [0, 0.05) is 21.8 Å². The Bertz CT molecular complexity index is 960. The zero-order valence-corrected chi connectivity index (χ0v) is 18.5. The number of nitrogens with one attached hydrogen (secondary N) is 1. The average Bonchev–Trinajstić information content (AvgIpc) is 2.61. The summed E-state index contributed by atoms with van der Waals surface area (Å²) in [6.45, 7) is 11.1. The number of amides is 1. The van der Waals surface area contributed by atoms with Gasteiger partial charge in [-0.25, -0.2) is 5.43 Å². The van der Waals surface area contributed by atoms with Crippen LogP contribution in [0, 0.1) is 0 Å². The van der Waals surface area contributed by atoms with Crippen LogP contribution in [0.5, 0.6) is 0 Å². The van der Waals surface area contributed by atoms with E-state index in [4.69, 9.17) is 0 Å². The quantitative estimate of drug-likeness (QED) is 0.495. The molecule has 1 N–H and O–H groups in total. The summed E-state index contributed by atoms with van der Waals surface area (Å²) in [4.78, 5) is 14.7. The maximum absolute atomic E-state index is 12.3. The first kappa shape index (κ1) is 20.3. The van der Waals surface area contributed by atoms with Crippen molar-refractivity contribution in [3.63, 3.8) is 0 Å². The second kappa shape index (κ2) is 7.92. The first-order valence-electron chi connectivity index (χ1n) is 9.42. The number of hydrazone groups is 1. The van der Waals surface area contributed by atoms with Crippen molar-refractivity contribution in [1.29, 1.82) is 0 Å². The minimum absolute atomic E-state index is 0.0299. The van der Waals surface area contributed by atoms with E-state index in [9.17, 15) is 4.79 Å². The van der Waals surface area contributed by atoms with Gasteiger partial charge in [0.1, 0.15) is 0 Å². The van der Waals surface area contributed by atoms with Gasteiger partial charge < -0.3 is 4.90 Å². The molecule has 146 valence electrons. The number of hydrogen-bond donors (Lipinski definition) is 1. The summed E-state index contributed by atoms with van der Waals surface area (Å²) in [6.07, 6.45) is 3.99. The highest BCUT2D eigenvalue weighted by Crippen LogP contribution is 2.40. The van der Waals surface area contributed by atoms with Crippen LogP contribution in [0.2, 0.25) is 0 Å². The van der Waals surface area contributed by atoms with Gasteiger partial charge in [0.25, 0.3) is 5.91 Å². The third kappa shape index (κ3) is 4.04. The van der Waals surface area contributed by atoms with E-state index in [1.165, 1.54) is 16.8 Å². The highest BCUT2D eigenvalue weighted by atomic mass is 79.9. The van der Waals surface area contributed by atoms with E-state index in [1.807, 2.05) is 24.3 Å². The Morgan fingerprint density at radius 3 is 2.61 bits per heavy atom. The topological polar surface area (TPSA) is 44.7 Å². The molecule has 1 aliphatic rings. The number of benzene rings is 2. The Labute approximate surface area is 175 Å². The zero-order chi connectivity index (χ0) is 20.5. The number of anilines is 1. The molecule has 0 radical (unpaired) electrons. The van der Waals surface area contributed by atoms with E-state index >= 15 is 0 Å². The number of hydrogen-bond acceptors (Lipinski definition) is 3. The van der Waals surface area contributed by atoms with Crippen LogP contribution < -0.4 is 10.3 Å². The average molecular weight is 440 g/mol. The lowest BCUT2D eigenvalue weighted by Gasteiger charge is -2.46. The summed E-state index contributed by atoms with van der Waals surface area (Å²) in [7, 11) is 0. The number of carbonyl (C=O) groups excluding carboxylic acids is 1. The Balaban J connectivity index is 1.82. The van der Waals surface area contributed by atoms with Crippen molar-refractivity contribution in [2.75, 3.05) is 4.90 Å². The molecule has 0 aliphatic carbocycles. The van der Waals surface area contributed by atoms with Gasteiger partial charge in [-0.3, -0.25) is 4.79 Å². The van der Waals surface area contributed by atoms with Crippen molar-refractivity contribution in [1.82, 2.24) is 5.43 Å². The van der Waals surface area contributed by atoms with E-state index in [2.05, 4.69) is 84.2 Å². The van der Waals surface area contributed by atoms with Crippen molar-refractivity contribution in [3.8, 4) is 0 Å². The molecule has 28 heavy (non-hydrogen) atoms. The maximum atomic E-state index is 12.3. The Kier molecular flexibility index (Phi) is 5.75. The lowest BCUT2D eigenvalue weighted by atomic mass is 9.87. The molecular weight excluding hydrogens is 414 g/mol. The SMILES string of the molecule is CC1=CC(C)(C)N(C(C)C)c2ccc(/C=N/NC(=O)c3ccccc3Br)cc21. The molecule has 0 unspecified atom stereocenters. The fourth-order valence-corrected chi connectivity index (χ4v) is 4.43. The number of nitrogens with zero attached hydrogens (tertiary/aromatic N) is 2. The molecule has 1 aliphatic heterocycles. The highest BCUT2D eigenvalue weighted by Gasteiger charge is 2.32. The van der Waals surface area contributed by atoms with Crippen molar-refractivity contribution in [3.05, 3.63) is 69.7 Å². The molecule has 0 spiro atoms. The zero-order valence-electron chi connectivity index (χ0n) is 17.0. The van der Waals surface area contributed by atoms with E-state index in [0.717, 1.165) is 10.0 Å². The minimum Gasteiger partial charge on any atom is -0.360 e. The standard InChI is InChI=1S/C23H26BrN3O/c1-15(2)27-21-11-10-17(12-19(21)16(3)13-23(27,4)5)14-25-26-22(28)18-8-6-7-9-20(18)24/h6-15H,1-5H3,(H,26,28)/b25-14+. The molecule has 1 amide bonds. The largest absolute Gasteiger partial charge is 0.360 e. The molecule has 0 aromatic heterocycles. The molecular formula is C23H26BrN3O. The smallest absolute Gasteiger partial charge is 0.272 e. The fourth-order valence-electron chi connectivity index (χ4n) is 3.96. The molecule has 5 heteroatoms. The van der Waals surface area contributed by atoms with Crippen LogP contribution in [-0.2, 0) is 0 Å². The summed E-state index contributed by atoms with van der Waals surface area (Å²) in [5.41, 5.74) is 7.75. The predicted octanol–water partition coefficient (Wildman–Crippen LogP) is 5.62.